The van der Waals surface area contributed by atoms with Crippen LogP contribution in [0.1, 0.15) is 316 Å². The fourth-order valence-corrected chi connectivity index (χ4v) is 10.7. The molecule has 1 saturated heterocycles. The van der Waals surface area contributed by atoms with Crippen molar-refractivity contribution in [3.8, 4) is 0 Å². The van der Waals surface area contributed by atoms with Crippen molar-refractivity contribution in [1.82, 2.24) is 5.32 Å². The van der Waals surface area contributed by atoms with Gasteiger partial charge in [-0.1, -0.05) is 311 Å². The lowest BCUT2D eigenvalue weighted by molar-refractivity contribution is -0.302. The van der Waals surface area contributed by atoms with E-state index in [1.54, 1.807) is 6.08 Å². The fourth-order valence-electron chi connectivity index (χ4n) is 10.7. The molecule has 9 heteroatoms. The predicted octanol–water partition coefficient (Wildman–Crippen LogP) is 18.4. The van der Waals surface area contributed by atoms with E-state index in [0.29, 0.717) is 6.42 Å². The first-order valence-electron chi connectivity index (χ1n) is 34.2. The first kappa shape index (κ1) is 75.6. The maximum absolute atomic E-state index is 13.1. The molecule has 1 fully saturated rings. The number of carbonyl (C=O) groups excluding carboxylic acids is 1. The van der Waals surface area contributed by atoms with Crippen LogP contribution in [0.15, 0.2) is 72.9 Å². The first-order valence-corrected chi connectivity index (χ1v) is 34.2. The molecule has 1 aliphatic heterocycles. The molecule has 1 amide bonds. The number of aliphatic hydroxyl groups excluding tert-OH is 5. The Labute approximate surface area is 493 Å². The summed E-state index contributed by atoms with van der Waals surface area (Å²) in [7, 11) is 0. The van der Waals surface area contributed by atoms with E-state index in [9.17, 15) is 30.3 Å². The second-order valence-electron chi connectivity index (χ2n) is 23.6. The highest BCUT2D eigenvalue weighted by atomic mass is 16.7. The molecule has 80 heavy (non-hydrogen) atoms. The van der Waals surface area contributed by atoms with Crippen molar-refractivity contribution in [3.05, 3.63) is 72.9 Å². The average molecular weight is 1120 g/mol. The molecule has 0 aliphatic carbocycles. The van der Waals surface area contributed by atoms with E-state index >= 15 is 0 Å². The standard InChI is InChI=1S/C71H129NO8/c1-3-5-7-9-11-13-15-17-19-21-23-24-25-26-27-28-29-30-31-32-33-34-35-36-37-38-39-40-41-42-43-45-47-49-51-53-55-57-59-61-67(75)72-64(63-79-71-70(78)69(77)68(76)66(62-73)80-71)65(74)60-58-56-54-52-50-48-46-44-22-20-18-16-14-12-10-8-6-4-2/h5,7,11,13,17,19,23-24,50,52,58,60,64-66,68-71,73-74,76-78H,3-4,6,8-10,12,14-16,18,20-22,25-49,51,53-57,59,61-63H2,1-2H3,(H,72,75)/b7-5-,13-11-,19-17-,24-23-,52-50+,60-58+. The number of allylic oxidation sites excluding steroid dienone is 11. The zero-order valence-electron chi connectivity index (χ0n) is 52.1. The Morgan fingerprint density at radius 1 is 0.438 bits per heavy atom. The van der Waals surface area contributed by atoms with Gasteiger partial charge < -0.3 is 40.3 Å². The molecular weight excluding hydrogens is 995 g/mol. The topological polar surface area (TPSA) is 149 Å². The Bertz CT molecular complexity index is 1490. The largest absolute Gasteiger partial charge is 0.394 e. The van der Waals surface area contributed by atoms with Crippen LogP contribution < -0.4 is 5.32 Å². The van der Waals surface area contributed by atoms with Crippen LogP contribution in [0.4, 0.5) is 0 Å². The van der Waals surface area contributed by atoms with Crippen molar-refractivity contribution < 1.29 is 39.8 Å². The van der Waals surface area contributed by atoms with Crippen LogP contribution in [0.25, 0.3) is 0 Å². The second kappa shape index (κ2) is 59.8. The minimum atomic E-state index is -1.57. The SMILES string of the molecule is CC/C=C\C/C=C\C/C=C\C/C=C\CCCCCCCCCCCCCCCCCCCCCCCCCCCCC(=O)NC(COC1OC(CO)C(O)C(O)C1O)C(O)/C=C/CC/C=C/CCCCCCCCCCCCCC. The molecule has 6 N–H and O–H groups in total. The highest BCUT2D eigenvalue weighted by Crippen LogP contribution is 2.23. The number of rotatable bonds is 59. The Balaban J connectivity index is 2.07. The van der Waals surface area contributed by atoms with Gasteiger partial charge in [-0.15, -0.1) is 0 Å². The van der Waals surface area contributed by atoms with Gasteiger partial charge in [0, 0.05) is 6.42 Å². The number of aliphatic hydroxyl groups is 5. The van der Waals surface area contributed by atoms with Gasteiger partial charge in [0.25, 0.3) is 0 Å². The lowest BCUT2D eigenvalue weighted by Gasteiger charge is -2.40. The van der Waals surface area contributed by atoms with E-state index in [4.69, 9.17) is 9.47 Å². The van der Waals surface area contributed by atoms with E-state index in [1.165, 1.54) is 231 Å². The Morgan fingerprint density at radius 3 is 1.20 bits per heavy atom. The van der Waals surface area contributed by atoms with E-state index in [-0.39, 0.29) is 12.5 Å². The van der Waals surface area contributed by atoms with Crippen LogP contribution in [0, 0.1) is 0 Å². The minimum absolute atomic E-state index is 0.182. The summed E-state index contributed by atoms with van der Waals surface area (Å²) in [6, 6.07) is -0.822. The van der Waals surface area contributed by atoms with Crippen LogP contribution in [-0.2, 0) is 14.3 Å². The molecular formula is C71H129NO8. The average Bonchev–Trinajstić information content (AvgIpc) is 3.46. The number of nitrogens with one attached hydrogen (secondary N) is 1. The van der Waals surface area contributed by atoms with Crippen LogP contribution in [0.2, 0.25) is 0 Å². The van der Waals surface area contributed by atoms with Crippen molar-refractivity contribution in [2.45, 2.75) is 358 Å². The summed E-state index contributed by atoms with van der Waals surface area (Å²) < 4.78 is 11.3. The zero-order valence-corrected chi connectivity index (χ0v) is 52.1. The van der Waals surface area contributed by atoms with Gasteiger partial charge in [0.05, 0.1) is 25.4 Å². The molecule has 9 nitrogen and oxygen atoms in total. The summed E-state index contributed by atoms with van der Waals surface area (Å²) in [5.74, 6) is -0.182. The summed E-state index contributed by atoms with van der Waals surface area (Å²) in [4.78, 5) is 13.1. The van der Waals surface area contributed by atoms with E-state index in [1.807, 2.05) is 6.08 Å². The molecule has 0 saturated carbocycles. The van der Waals surface area contributed by atoms with Gasteiger partial charge in [-0.3, -0.25) is 4.79 Å². The normalized spacial score (nSPS) is 18.9. The third kappa shape index (κ3) is 48.0. The second-order valence-corrected chi connectivity index (χ2v) is 23.6. The monoisotopic (exact) mass is 1120 g/mol. The van der Waals surface area contributed by atoms with Crippen molar-refractivity contribution in [2.24, 2.45) is 0 Å². The van der Waals surface area contributed by atoms with E-state index in [2.05, 4.69) is 79.9 Å². The van der Waals surface area contributed by atoms with Gasteiger partial charge in [0.1, 0.15) is 24.4 Å². The summed E-state index contributed by atoms with van der Waals surface area (Å²) in [6.07, 6.45) is 77.3. The van der Waals surface area contributed by atoms with Gasteiger partial charge in [0.2, 0.25) is 5.91 Å². The molecule has 1 rings (SSSR count). The molecule has 7 atom stereocenters. The maximum atomic E-state index is 13.1. The number of hydrogen-bond donors (Lipinski definition) is 6. The lowest BCUT2D eigenvalue weighted by Crippen LogP contribution is -2.60. The fraction of sp³-hybridized carbons (Fsp3) is 0.817. The number of carbonyl (C=O) groups is 1. The summed E-state index contributed by atoms with van der Waals surface area (Å²) in [5, 5.41) is 54.6. The highest BCUT2D eigenvalue weighted by molar-refractivity contribution is 5.76. The van der Waals surface area contributed by atoms with Gasteiger partial charge >= 0.3 is 0 Å². The quantitative estimate of drug-likeness (QED) is 0.0261. The third-order valence-electron chi connectivity index (χ3n) is 16.0. The molecule has 1 aliphatic rings. The van der Waals surface area contributed by atoms with Crippen LogP contribution >= 0.6 is 0 Å². The highest BCUT2D eigenvalue weighted by Gasteiger charge is 2.44. The summed E-state index contributed by atoms with van der Waals surface area (Å²) in [6.45, 7) is 3.68. The molecule has 7 unspecified atom stereocenters. The van der Waals surface area contributed by atoms with Crippen molar-refractivity contribution in [2.75, 3.05) is 13.2 Å². The Kier molecular flexibility index (Phi) is 56.5. The molecule has 0 spiro atoms. The minimum Gasteiger partial charge on any atom is -0.394 e. The summed E-state index contributed by atoms with van der Waals surface area (Å²) >= 11 is 0. The van der Waals surface area contributed by atoms with Crippen LogP contribution in [0.5, 0.6) is 0 Å². The lowest BCUT2D eigenvalue weighted by atomic mass is 9.99. The van der Waals surface area contributed by atoms with Crippen LogP contribution in [-0.4, -0.2) is 87.5 Å². The Hall–Kier alpha value is -2.37. The Morgan fingerprint density at radius 2 is 0.787 bits per heavy atom. The number of amides is 1. The molecule has 466 valence electrons. The maximum Gasteiger partial charge on any atom is 0.220 e. The predicted molar refractivity (Wildman–Crippen MR) is 341 cm³/mol. The third-order valence-corrected chi connectivity index (χ3v) is 16.0. The van der Waals surface area contributed by atoms with Gasteiger partial charge in [-0.2, -0.15) is 0 Å². The van der Waals surface area contributed by atoms with Gasteiger partial charge in [-0.25, -0.2) is 0 Å². The molecule has 0 aromatic rings. The molecule has 0 aromatic heterocycles. The van der Waals surface area contributed by atoms with Gasteiger partial charge in [-0.05, 0) is 70.6 Å². The number of hydrogen-bond acceptors (Lipinski definition) is 8. The number of ether oxygens (including phenoxy) is 2. The number of unbranched alkanes of at least 4 members (excludes halogenated alkanes) is 39. The molecule has 1 heterocycles. The molecule has 0 aromatic carbocycles. The first-order chi connectivity index (χ1) is 39.3. The smallest absolute Gasteiger partial charge is 0.220 e. The molecule has 0 radical (unpaired) electrons. The zero-order chi connectivity index (χ0) is 57.9. The van der Waals surface area contributed by atoms with Crippen LogP contribution in [0.3, 0.4) is 0 Å². The molecule has 0 bridgehead atoms. The van der Waals surface area contributed by atoms with E-state index < -0.39 is 49.5 Å². The van der Waals surface area contributed by atoms with E-state index in [0.717, 1.165) is 64.2 Å². The van der Waals surface area contributed by atoms with Gasteiger partial charge in [0.15, 0.2) is 6.29 Å². The van der Waals surface area contributed by atoms with Crippen molar-refractivity contribution in [1.29, 1.82) is 0 Å². The summed E-state index contributed by atoms with van der Waals surface area (Å²) in [5.41, 5.74) is 0. The van der Waals surface area contributed by atoms with Crippen molar-refractivity contribution in [3.63, 3.8) is 0 Å². The van der Waals surface area contributed by atoms with Crippen molar-refractivity contribution >= 4 is 5.91 Å².